The predicted molar refractivity (Wildman–Crippen MR) is 55.2 cm³/mol. The van der Waals surface area contributed by atoms with Crippen LogP contribution in [0.4, 0.5) is 0 Å². The highest BCUT2D eigenvalue weighted by Crippen LogP contribution is 2.14. The molecule has 0 unspecified atom stereocenters. The van der Waals surface area contributed by atoms with E-state index in [1.54, 1.807) is 11.3 Å². The number of nitrogens with one attached hydrogen (secondary N) is 1. The second kappa shape index (κ2) is 4.41. The first kappa shape index (κ1) is 9.46. The van der Waals surface area contributed by atoms with Crippen LogP contribution in [0.3, 0.4) is 0 Å². The van der Waals surface area contributed by atoms with E-state index in [4.69, 9.17) is 5.41 Å². The highest BCUT2D eigenvalue weighted by atomic mass is 32.1. The zero-order valence-electron chi connectivity index (χ0n) is 7.63. The molecule has 0 amide bonds. The van der Waals surface area contributed by atoms with Crippen LogP contribution in [0.1, 0.15) is 31.6 Å². The summed E-state index contributed by atoms with van der Waals surface area (Å²) >= 11 is 1.66. The van der Waals surface area contributed by atoms with Crippen LogP contribution in [0.15, 0.2) is 17.5 Å². The summed E-state index contributed by atoms with van der Waals surface area (Å²) in [6, 6.07) is 4.03. The molecule has 0 bridgehead atoms. The molecule has 0 saturated heterocycles. The van der Waals surface area contributed by atoms with E-state index in [0.29, 0.717) is 5.92 Å². The molecule has 0 aliphatic rings. The zero-order chi connectivity index (χ0) is 8.97. The molecule has 1 rings (SSSR count). The van der Waals surface area contributed by atoms with Crippen LogP contribution in [0.5, 0.6) is 0 Å². The smallest absolute Gasteiger partial charge is 0.0485 e. The lowest BCUT2D eigenvalue weighted by atomic mass is 10.0. The van der Waals surface area contributed by atoms with E-state index >= 15 is 0 Å². The van der Waals surface area contributed by atoms with E-state index < -0.39 is 0 Å². The van der Waals surface area contributed by atoms with E-state index in [1.165, 1.54) is 0 Å². The van der Waals surface area contributed by atoms with Gasteiger partial charge in [0.15, 0.2) is 0 Å². The fourth-order valence-corrected chi connectivity index (χ4v) is 1.71. The molecular weight excluding hydrogens is 166 g/mol. The van der Waals surface area contributed by atoms with Gasteiger partial charge in [-0.15, -0.1) is 11.3 Å². The minimum absolute atomic E-state index is 0.699. The summed E-state index contributed by atoms with van der Waals surface area (Å²) in [5, 5.41) is 9.78. The van der Waals surface area contributed by atoms with E-state index in [9.17, 15) is 0 Å². The van der Waals surface area contributed by atoms with Crippen molar-refractivity contribution in [3.05, 3.63) is 22.4 Å². The molecule has 0 radical (unpaired) electrons. The summed E-state index contributed by atoms with van der Waals surface area (Å²) in [5.41, 5.74) is 0.790. The van der Waals surface area contributed by atoms with E-state index in [2.05, 4.69) is 13.8 Å². The Kier molecular flexibility index (Phi) is 3.48. The van der Waals surface area contributed by atoms with Gasteiger partial charge in [-0.3, -0.25) is 0 Å². The third kappa shape index (κ3) is 2.78. The Morgan fingerprint density at radius 3 is 2.83 bits per heavy atom. The van der Waals surface area contributed by atoms with Crippen LogP contribution in [-0.2, 0) is 0 Å². The molecule has 12 heavy (non-hydrogen) atoms. The average Bonchev–Trinajstić information content (AvgIpc) is 2.51. The minimum atomic E-state index is 0.699. The van der Waals surface area contributed by atoms with Crippen LogP contribution in [-0.4, -0.2) is 5.71 Å². The van der Waals surface area contributed by atoms with Crippen molar-refractivity contribution in [2.45, 2.75) is 26.7 Å². The van der Waals surface area contributed by atoms with Gasteiger partial charge < -0.3 is 5.41 Å². The molecule has 1 heterocycles. The van der Waals surface area contributed by atoms with Gasteiger partial charge in [0.2, 0.25) is 0 Å². The predicted octanol–water partition coefficient (Wildman–Crippen LogP) is 3.55. The monoisotopic (exact) mass is 181 g/mol. The maximum absolute atomic E-state index is 7.75. The van der Waals surface area contributed by atoms with Crippen LogP contribution in [0.25, 0.3) is 0 Å². The lowest BCUT2D eigenvalue weighted by molar-refractivity contribution is 0.603. The average molecular weight is 181 g/mol. The van der Waals surface area contributed by atoms with Crippen molar-refractivity contribution in [3.8, 4) is 0 Å². The van der Waals surface area contributed by atoms with Crippen molar-refractivity contribution < 1.29 is 0 Å². The largest absolute Gasteiger partial charge is 0.304 e. The Morgan fingerprint density at radius 2 is 2.33 bits per heavy atom. The summed E-state index contributed by atoms with van der Waals surface area (Å²) in [6.07, 6.45) is 2.04. The Hall–Kier alpha value is -0.630. The molecule has 1 aromatic rings. The van der Waals surface area contributed by atoms with Crippen molar-refractivity contribution in [1.82, 2.24) is 0 Å². The van der Waals surface area contributed by atoms with Crippen LogP contribution in [0.2, 0.25) is 0 Å². The first-order valence-electron chi connectivity index (χ1n) is 4.31. The van der Waals surface area contributed by atoms with E-state index in [-0.39, 0.29) is 0 Å². The van der Waals surface area contributed by atoms with E-state index in [0.717, 1.165) is 23.4 Å². The van der Waals surface area contributed by atoms with E-state index in [1.807, 2.05) is 17.5 Å². The van der Waals surface area contributed by atoms with Crippen molar-refractivity contribution >= 4 is 17.0 Å². The molecule has 0 atom stereocenters. The van der Waals surface area contributed by atoms with Crippen LogP contribution in [0, 0.1) is 11.3 Å². The number of hydrogen-bond donors (Lipinski definition) is 1. The Labute approximate surface area is 77.9 Å². The summed E-state index contributed by atoms with van der Waals surface area (Å²) in [7, 11) is 0. The van der Waals surface area contributed by atoms with Gasteiger partial charge in [0.1, 0.15) is 0 Å². The SMILES string of the molecule is CC(C)CCC(=N)c1cccs1. The fraction of sp³-hybridized carbons (Fsp3) is 0.500. The molecule has 0 saturated carbocycles. The summed E-state index contributed by atoms with van der Waals surface area (Å²) in [4.78, 5) is 1.12. The van der Waals surface area contributed by atoms with Crippen molar-refractivity contribution in [1.29, 1.82) is 5.41 Å². The van der Waals surface area contributed by atoms with Gasteiger partial charge in [-0.25, -0.2) is 0 Å². The lowest BCUT2D eigenvalue weighted by Gasteiger charge is -2.03. The third-order valence-electron chi connectivity index (χ3n) is 1.79. The Morgan fingerprint density at radius 1 is 1.58 bits per heavy atom. The van der Waals surface area contributed by atoms with Crippen LogP contribution >= 0.6 is 11.3 Å². The van der Waals surface area contributed by atoms with Gasteiger partial charge in [0, 0.05) is 10.6 Å². The molecule has 0 aromatic carbocycles. The second-order valence-electron chi connectivity index (χ2n) is 3.39. The summed E-state index contributed by atoms with van der Waals surface area (Å²) in [6.45, 7) is 4.39. The first-order chi connectivity index (χ1) is 5.70. The Balaban J connectivity index is 2.40. The van der Waals surface area contributed by atoms with Crippen molar-refractivity contribution in [3.63, 3.8) is 0 Å². The summed E-state index contributed by atoms with van der Waals surface area (Å²) < 4.78 is 0. The molecule has 1 aromatic heterocycles. The minimum Gasteiger partial charge on any atom is -0.304 e. The molecule has 0 aliphatic heterocycles. The van der Waals surface area contributed by atoms with Gasteiger partial charge in [0.25, 0.3) is 0 Å². The molecular formula is C10H15NS. The molecule has 66 valence electrons. The fourth-order valence-electron chi connectivity index (χ4n) is 1.01. The topological polar surface area (TPSA) is 23.9 Å². The normalized spacial score (nSPS) is 10.6. The van der Waals surface area contributed by atoms with Crippen molar-refractivity contribution in [2.75, 3.05) is 0 Å². The lowest BCUT2D eigenvalue weighted by Crippen LogP contribution is -1.98. The third-order valence-corrected chi connectivity index (χ3v) is 2.72. The van der Waals surface area contributed by atoms with Gasteiger partial charge in [-0.1, -0.05) is 19.9 Å². The molecule has 0 fully saturated rings. The van der Waals surface area contributed by atoms with Gasteiger partial charge in [-0.05, 0) is 30.2 Å². The van der Waals surface area contributed by atoms with Gasteiger partial charge in [0.05, 0.1) is 0 Å². The maximum atomic E-state index is 7.75. The van der Waals surface area contributed by atoms with Crippen LogP contribution < -0.4 is 0 Å². The van der Waals surface area contributed by atoms with Gasteiger partial charge >= 0.3 is 0 Å². The number of thiophene rings is 1. The molecule has 0 aliphatic carbocycles. The quantitative estimate of drug-likeness (QED) is 0.687. The highest BCUT2D eigenvalue weighted by molar-refractivity contribution is 7.12. The zero-order valence-corrected chi connectivity index (χ0v) is 8.45. The molecule has 1 nitrogen and oxygen atoms in total. The molecule has 1 N–H and O–H groups in total. The Bertz CT molecular complexity index is 236. The first-order valence-corrected chi connectivity index (χ1v) is 5.19. The molecule has 0 spiro atoms. The molecule has 2 heteroatoms. The second-order valence-corrected chi connectivity index (χ2v) is 4.34. The highest BCUT2D eigenvalue weighted by Gasteiger charge is 2.02. The standard InChI is InChI=1S/C10H15NS/c1-8(2)5-6-9(11)10-4-3-7-12-10/h3-4,7-8,11H,5-6H2,1-2H3. The maximum Gasteiger partial charge on any atom is 0.0485 e. The summed E-state index contributed by atoms with van der Waals surface area (Å²) in [5.74, 6) is 0.699. The van der Waals surface area contributed by atoms with Gasteiger partial charge in [-0.2, -0.15) is 0 Å². The number of hydrogen-bond acceptors (Lipinski definition) is 2. The number of rotatable bonds is 4. The van der Waals surface area contributed by atoms with Crippen molar-refractivity contribution in [2.24, 2.45) is 5.92 Å².